The van der Waals surface area contributed by atoms with E-state index in [0.717, 1.165) is 12.1 Å². The lowest BCUT2D eigenvalue weighted by atomic mass is 9.84. The average Bonchev–Trinajstić information content (AvgIpc) is 2.63. The summed E-state index contributed by atoms with van der Waals surface area (Å²) in [6.07, 6.45) is 0. The molecule has 0 fully saturated rings. The number of nitrogens with two attached hydrogens (primary N) is 1. The number of hydrogen-bond donors (Lipinski definition) is 1. The van der Waals surface area contributed by atoms with Gasteiger partial charge in [-0.25, -0.2) is 13.6 Å². The first-order valence-corrected chi connectivity index (χ1v) is 7.59. The molecule has 128 valence electrons. The van der Waals surface area contributed by atoms with E-state index in [1.54, 1.807) is 24.3 Å². The van der Waals surface area contributed by atoms with Crippen molar-refractivity contribution in [2.45, 2.75) is 5.92 Å². The molecule has 2 aromatic carbocycles. The normalized spacial score (nSPS) is 16.1. The summed E-state index contributed by atoms with van der Waals surface area (Å²) >= 11 is 0. The van der Waals surface area contributed by atoms with Gasteiger partial charge in [-0.15, -0.1) is 0 Å². The molecule has 0 amide bonds. The summed E-state index contributed by atoms with van der Waals surface area (Å²) in [5.41, 5.74) is 5.55. The number of halogens is 2. The molecule has 3 aromatic rings. The second-order valence-electron chi connectivity index (χ2n) is 5.73. The van der Waals surface area contributed by atoms with Gasteiger partial charge in [0.1, 0.15) is 17.2 Å². The summed E-state index contributed by atoms with van der Waals surface area (Å²) in [7, 11) is 0. The van der Waals surface area contributed by atoms with Gasteiger partial charge in [-0.05, 0) is 29.8 Å². The van der Waals surface area contributed by atoms with Crippen LogP contribution in [0.3, 0.4) is 0 Å². The highest BCUT2D eigenvalue weighted by Gasteiger charge is 2.35. The van der Waals surface area contributed by atoms with Crippen LogP contribution < -0.4 is 16.1 Å². The van der Waals surface area contributed by atoms with Crippen molar-refractivity contribution in [3.8, 4) is 11.8 Å². The predicted octanol–water partition coefficient (Wildman–Crippen LogP) is 3.29. The van der Waals surface area contributed by atoms with Crippen LogP contribution in [0, 0.1) is 23.0 Å². The molecule has 2 heterocycles. The molecule has 0 spiro atoms. The lowest BCUT2D eigenvalue weighted by molar-refractivity contribution is 0.388. The monoisotopic (exact) mass is 352 g/mol. The molecule has 0 bridgehead atoms. The third-order valence-corrected chi connectivity index (χ3v) is 4.25. The van der Waals surface area contributed by atoms with Crippen LogP contribution in [0.15, 0.2) is 63.1 Å². The van der Waals surface area contributed by atoms with Crippen LogP contribution >= 0.6 is 0 Å². The lowest BCUT2D eigenvalue weighted by Gasteiger charge is -2.26. The van der Waals surface area contributed by atoms with E-state index in [4.69, 9.17) is 14.9 Å². The van der Waals surface area contributed by atoms with Crippen LogP contribution in [-0.4, -0.2) is 0 Å². The standard InChI is InChI=1S/C19H10F2N2O3/c20-12-6-5-9(7-13(12)21)15-11(8-22)18(23)26-17-10-3-1-2-4-14(10)25-19(24)16(15)17/h1-7,15H,23H2/t15-/m0/s1. The number of ether oxygens (including phenoxy) is 1. The Labute approximate surface area is 145 Å². The van der Waals surface area contributed by atoms with E-state index in [-0.39, 0.29) is 33.9 Å². The van der Waals surface area contributed by atoms with Gasteiger partial charge in [-0.2, -0.15) is 5.26 Å². The first-order valence-electron chi connectivity index (χ1n) is 7.59. The Bertz CT molecular complexity index is 1190. The number of hydrogen-bond acceptors (Lipinski definition) is 5. The highest BCUT2D eigenvalue weighted by atomic mass is 19.2. The summed E-state index contributed by atoms with van der Waals surface area (Å²) in [6.45, 7) is 0. The van der Waals surface area contributed by atoms with Crippen molar-refractivity contribution in [3.63, 3.8) is 0 Å². The molecule has 0 saturated carbocycles. The van der Waals surface area contributed by atoms with Gasteiger partial charge in [0.25, 0.3) is 0 Å². The molecule has 0 saturated heterocycles. The quantitative estimate of drug-likeness (QED) is 0.679. The van der Waals surface area contributed by atoms with E-state index in [1.165, 1.54) is 6.07 Å². The van der Waals surface area contributed by atoms with Crippen LogP contribution in [0.5, 0.6) is 5.75 Å². The third-order valence-electron chi connectivity index (χ3n) is 4.25. The van der Waals surface area contributed by atoms with Crippen LogP contribution in [0.1, 0.15) is 17.0 Å². The van der Waals surface area contributed by atoms with Crippen molar-refractivity contribution < 1.29 is 17.9 Å². The lowest BCUT2D eigenvalue weighted by Crippen LogP contribution is -2.26. The zero-order chi connectivity index (χ0) is 18.4. The maximum Gasteiger partial charge on any atom is 0.344 e. The number of benzene rings is 2. The minimum Gasteiger partial charge on any atom is -0.439 e. The molecule has 7 heteroatoms. The molecule has 0 aliphatic carbocycles. The van der Waals surface area contributed by atoms with E-state index in [0.29, 0.717) is 5.39 Å². The molecule has 26 heavy (non-hydrogen) atoms. The van der Waals surface area contributed by atoms with Crippen molar-refractivity contribution in [3.05, 3.63) is 87.1 Å². The Morgan fingerprint density at radius 2 is 1.88 bits per heavy atom. The van der Waals surface area contributed by atoms with Crippen LogP contribution in [0.2, 0.25) is 0 Å². The van der Waals surface area contributed by atoms with Gasteiger partial charge in [0, 0.05) is 0 Å². The van der Waals surface area contributed by atoms with E-state index < -0.39 is 23.2 Å². The first kappa shape index (κ1) is 15.8. The molecule has 1 aliphatic heterocycles. The number of nitriles is 1. The van der Waals surface area contributed by atoms with Crippen molar-refractivity contribution in [2.24, 2.45) is 5.73 Å². The van der Waals surface area contributed by atoms with Gasteiger partial charge < -0.3 is 14.9 Å². The van der Waals surface area contributed by atoms with E-state index in [1.807, 2.05) is 6.07 Å². The van der Waals surface area contributed by atoms with Gasteiger partial charge >= 0.3 is 5.63 Å². The molecular weight excluding hydrogens is 342 g/mol. The zero-order valence-corrected chi connectivity index (χ0v) is 13.1. The number of rotatable bonds is 1. The Morgan fingerprint density at radius 3 is 2.62 bits per heavy atom. The molecule has 5 nitrogen and oxygen atoms in total. The molecule has 2 N–H and O–H groups in total. The van der Waals surface area contributed by atoms with Crippen molar-refractivity contribution >= 4 is 11.0 Å². The summed E-state index contributed by atoms with van der Waals surface area (Å²) in [4.78, 5) is 12.6. The molecule has 1 atom stereocenters. The van der Waals surface area contributed by atoms with Crippen molar-refractivity contribution in [1.29, 1.82) is 5.26 Å². The number of para-hydroxylation sites is 1. The molecule has 0 unspecified atom stereocenters. The molecule has 1 aromatic heterocycles. The fourth-order valence-corrected chi connectivity index (χ4v) is 3.09. The minimum atomic E-state index is -1.10. The van der Waals surface area contributed by atoms with E-state index in [9.17, 15) is 18.8 Å². The topological polar surface area (TPSA) is 89.3 Å². The van der Waals surface area contributed by atoms with Crippen molar-refractivity contribution in [1.82, 2.24) is 0 Å². The predicted molar refractivity (Wildman–Crippen MR) is 88.1 cm³/mol. The van der Waals surface area contributed by atoms with Gasteiger partial charge in [0.2, 0.25) is 5.88 Å². The second kappa shape index (κ2) is 5.70. The SMILES string of the molecule is N#CC1=C(N)Oc2c(c(=O)oc3ccccc23)[C@H]1c1ccc(F)c(F)c1. The summed E-state index contributed by atoms with van der Waals surface area (Å²) in [5.74, 6) is -3.23. The van der Waals surface area contributed by atoms with Crippen LogP contribution in [0.4, 0.5) is 8.78 Å². The highest BCUT2D eigenvalue weighted by molar-refractivity contribution is 5.86. The Balaban J connectivity index is 2.08. The summed E-state index contributed by atoms with van der Waals surface area (Å²) in [5, 5.41) is 9.96. The molecule has 0 radical (unpaired) electrons. The second-order valence-corrected chi connectivity index (χ2v) is 5.73. The van der Waals surface area contributed by atoms with Crippen LogP contribution in [0.25, 0.3) is 11.0 Å². The van der Waals surface area contributed by atoms with Gasteiger partial charge in [0.05, 0.1) is 16.9 Å². The number of allylic oxidation sites excluding steroid dienone is 1. The highest BCUT2D eigenvalue weighted by Crippen LogP contribution is 2.43. The van der Waals surface area contributed by atoms with Crippen LogP contribution in [-0.2, 0) is 0 Å². The first-order chi connectivity index (χ1) is 12.5. The smallest absolute Gasteiger partial charge is 0.344 e. The number of fused-ring (bicyclic) bond motifs is 3. The molecule has 1 aliphatic rings. The zero-order valence-electron chi connectivity index (χ0n) is 13.1. The fraction of sp³-hybridized carbons (Fsp3) is 0.0526. The largest absolute Gasteiger partial charge is 0.439 e. The van der Waals surface area contributed by atoms with E-state index in [2.05, 4.69) is 0 Å². The minimum absolute atomic E-state index is 0.0143. The summed E-state index contributed by atoms with van der Waals surface area (Å²) < 4.78 is 37.9. The fourth-order valence-electron chi connectivity index (χ4n) is 3.09. The molecule has 4 rings (SSSR count). The molecular formula is C19H10F2N2O3. The third kappa shape index (κ3) is 2.24. The van der Waals surface area contributed by atoms with Gasteiger partial charge in [-0.3, -0.25) is 0 Å². The Morgan fingerprint density at radius 1 is 1.12 bits per heavy atom. The van der Waals surface area contributed by atoms with E-state index >= 15 is 0 Å². The Hall–Kier alpha value is -3.66. The number of nitrogens with zero attached hydrogens (tertiary/aromatic N) is 1. The van der Waals surface area contributed by atoms with Gasteiger partial charge in [-0.1, -0.05) is 18.2 Å². The average molecular weight is 352 g/mol. The van der Waals surface area contributed by atoms with Gasteiger partial charge in [0.15, 0.2) is 17.4 Å². The maximum absolute atomic E-state index is 13.8. The van der Waals surface area contributed by atoms with Crippen molar-refractivity contribution in [2.75, 3.05) is 0 Å². The maximum atomic E-state index is 13.8. The summed E-state index contributed by atoms with van der Waals surface area (Å²) in [6, 6.07) is 11.7. The Kier molecular flexibility index (Phi) is 3.48.